The molecule has 159 valence electrons. The lowest BCUT2D eigenvalue weighted by molar-refractivity contribution is -0.137. The number of carbonyl (C=O) groups is 2. The molecule has 1 atom stereocenters. The molecule has 1 aliphatic heterocycles. The third kappa shape index (κ3) is 4.88. The molecule has 1 fully saturated rings. The van der Waals surface area contributed by atoms with Gasteiger partial charge in [0.2, 0.25) is 11.8 Å². The Morgan fingerprint density at radius 3 is 2.57 bits per heavy atom. The van der Waals surface area contributed by atoms with Crippen LogP contribution in [0, 0.1) is 11.7 Å². The first-order valence-electron chi connectivity index (χ1n) is 8.93. The zero-order valence-corrected chi connectivity index (χ0v) is 15.6. The second-order valence-electron chi connectivity index (χ2n) is 6.59. The van der Waals surface area contributed by atoms with E-state index in [2.05, 4.69) is 10.6 Å². The maximum atomic E-state index is 14.4. The fraction of sp³-hybridized carbons (Fsp3) is 0.250. The molecule has 10 heteroatoms. The number of ether oxygens (including phenoxy) is 1. The Kier molecular flexibility index (Phi) is 6.25. The van der Waals surface area contributed by atoms with Crippen molar-refractivity contribution in [2.24, 2.45) is 5.73 Å². The Hall–Kier alpha value is -3.14. The van der Waals surface area contributed by atoms with Gasteiger partial charge in [0.25, 0.3) is 0 Å². The van der Waals surface area contributed by atoms with Crippen molar-refractivity contribution < 1.29 is 31.9 Å². The van der Waals surface area contributed by atoms with E-state index >= 15 is 0 Å². The van der Waals surface area contributed by atoms with Crippen molar-refractivity contribution in [1.29, 1.82) is 0 Å². The summed E-state index contributed by atoms with van der Waals surface area (Å²) in [7, 11) is 0. The van der Waals surface area contributed by atoms with Gasteiger partial charge in [0.05, 0.1) is 11.3 Å². The summed E-state index contributed by atoms with van der Waals surface area (Å²) < 4.78 is 58.7. The number of hydrogen-bond donors (Lipinski definition) is 3. The molecule has 0 bridgehead atoms. The average molecular weight is 424 g/mol. The zero-order valence-electron chi connectivity index (χ0n) is 15.6. The minimum Gasteiger partial charge on any atom is -0.367 e. The first-order chi connectivity index (χ1) is 14.2. The summed E-state index contributed by atoms with van der Waals surface area (Å²) in [5, 5.41) is 5.05. The van der Waals surface area contributed by atoms with Crippen LogP contribution in [0.5, 0.6) is 0 Å². The van der Waals surface area contributed by atoms with Crippen LogP contribution in [0.1, 0.15) is 17.5 Å². The number of benzene rings is 2. The van der Waals surface area contributed by atoms with Crippen molar-refractivity contribution in [2.75, 3.05) is 11.9 Å². The first-order valence-corrected chi connectivity index (χ1v) is 8.93. The number of nitrogens with two attached hydrogens (primary N) is 1. The van der Waals surface area contributed by atoms with Gasteiger partial charge in [0.15, 0.2) is 6.10 Å². The van der Waals surface area contributed by atoms with Crippen LogP contribution in [-0.4, -0.2) is 24.5 Å². The molecule has 0 aromatic heterocycles. The first kappa shape index (κ1) is 21.6. The molecule has 2 amide bonds. The molecular formula is C20H18F4N3O3. The Morgan fingerprint density at radius 1 is 1.17 bits per heavy atom. The van der Waals surface area contributed by atoms with Gasteiger partial charge in [-0.3, -0.25) is 9.59 Å². The summed E-state index contributed by atoms with van der Waals surface area (Å²) >= 11 is 0. The van der Waals surface area contributed by atoms with E-state index in [4.69, 9.17) is 10.5 Å². The minimum atomic E-state index is -4.56. The van der Waals surface area contributed by atoms with Gasteiger partial charge >= 0.3 is 6.18 Å². The van der Waals surface area contributed by atoms with Crippen molar-refractivity contribution in [3.05, 3.63) is 65.3 Å². The smallest absolute Gasteiger partial charge is 0.367 e. The van der Waals surface area contributed by atoms with E-state index in [0.717, 1.165) is 12.1 Å². The third-order valence-corrected chi connectivity index (χ3v) is 4.53. The van der Waals surface area contributed by atoms with Crippen LogP contribution in [0.25, 0.3) is 0 Å². The number of halogens is 4. The maximum Gasteiger partial charge on any atom is 0.418 e. The summed E-state index contributed by atoms with van der Waals surface area (Å²) in [6, 6.07) is 8.63. The minimum absolute atomic E-state index is 0.117. The summed E-state index contributed by atoms with van der Waals surface area (Å²) in [4.78, 5) is 23.5. The van der Waals surface area contributed by atoms with Crippen LogP contribution >= 0.6 is 0 Å². The third-order valence-electron chi connectivity index (χ3n) is 4.53. The van der Waals surface area contributed by atoms with Gasteiger partial charge in [-0.2, -0.15) is 13.2 Å². The molecule has 2 aromatic carbocycles. The van der Waals surface area contributed by atoms with Crippen molar-refractivity contribution in [3.63, 3.8) is 0 Å². The molecule has 2 aromatic rings. The lowest BCUT2D eigenvalue weighted by Crippen LogP contribution is -2.40. The molecule has 3 rings (SSSR count). The quantitative estimate of drug-likeness (QED) is 0.622. The molecule has 1 radical (unpaired) electrons. The molecule has 1 heterocycles. The number of alkyl halides is 3. The number of rotatable bonds is 6. The van der Waals surface area contributed by atoms with E-state index in [-0.39, 0.29) is 42.4 Å². The van der Waals surface area contributed by atoms with E-state index in [9.17, 15) is 27.2 Å². The zero-order chi connectivity index (χ0) is 21.9. The van der Waals surface area contributed by atoms with Crippen molar-refractivity contribution in [2.45, 2.75) is 25.2 Å². The fourth-order valence-electron chi connectivity index (χ4n) is 3.06. The van der Waals surface area contributed by atoms with Crippen LogP contribution in [0.3, 0.4) is 0 Å². The monoisotopic (exact) mass is 424 g/mol. The number of para-hydroxylation sites is 1. The Balaban J connectivity index is 1.67. The van der Waals surface area contributed by atoms with Crippen LogP contribution in [-0.2, 0) is 27.0 Å². The largest absolute Gasteiger partial charge is 0.418 e. The predicted octanol–water partition coefficient (Wildman–Crippen LogP) is 3.05. The van der Waals surface area contributed by atoms with Gasteiger partial charge in [-0.15, -0.1) is 0 Å². The van der Waals surface area contributed by atoms with Crippen LogP contribution < -0.4 is 16.4 Å². The summed E-state index contributed by atoms with van der Waals surface area (Å²) in [6.45, 7) is 0.00353. The van der Waals surface area contributed by atoms with Gasteiger partial charge in [0.1, 0.15) is 11.7 Å². The topological polar surface area (TPSA) is 93.5 Å². The van der Waals surface area contributed by atoms with Gasteiger partial charge in [-0.05, 0) is 30.7 Å². The number of carbonyl (C=O) groups excluding carboxylic acids is 2. The van der Waals surface area contributed by atoms with Gasteiger partial charge in [0, 0.05) is 24.4 Å². The lowest BCUT2D eigenvalue weighted by Gasteiger charge is -2.16. The van der Waals surface area contributed by atoms with Gasteiger partial charge in [-0.1, -0.05) is 18.2 Å². The molecule has 0 saturated carbocycles. The molecule has 1 saturated heterocycles. The molecule has 0 spiro atoms. The number of amides is 2. The van der Waals surface area contributed by atoms with E-state index in [0.29, 0.717) is 0 Å². The van der Waals surface area contributed by atoms with Crippen molar-refractivity contribution in [1.82, 2.24) is 5.32 Å². The molecule has 4 N–H and O–H groups in total. The second-order valence-corrected chi connectivity index (χ2v) is 6.59. The van der Waals surface area contributed by atoms with E-state index < -0.39 is 35.5 Å². The van der Waals surface area contributed by atoms with Crippen molar-refractivity contribution in [3.8, 4) is 0 Å². The van der Waals surface area contributed by atoms with Gasteiger partial charge < -0.3 is 21.1 Å². The second kappa shape index (κ2) is 8.70. The SMILES string of the molecule is NC(=O)C1OCC[C]1C(=O)NCc1ccc(Nc2ccccc2C(F)(F)F)cc1F. The molecular weight excluding hydrogens is 406 g/mol. The molecule has 1 unspecified atom stereocenters. The normalized spacial score (nSPS) is 17.0. The van der Waals surface area contributed by atoms with Crippen LogP contribution in [0.15, 0.2) is 42.5 Å². The summed E-state index contributed by atoms with van der Waals surface area (Å²) in [5.74, 6) is -1.90. The average Bonchev–Trinajstić information content (AvgIpc) is 3.17. The maximum absolute atomic E-state index is 14.4. The Labute approximate surface area is 169 Å². The predicted molar refractivity (Wildman–Crippen MR) is 99.8 cm³/mol. The fourth-order valence-corrected chi connectivity index (χ4v) is 3.06. The van der Waals surface area contributed by atoms with E-state index in [1.54, 1.807) is 0 Å². The van der Waals surface area contributed by atoms with Gasteiger partial charge in [-0.25, -0.2) is 4.39 Å². The highest BCUT2D eigenvalue weighted by molar-refractivity contribution is 5.98. The highest BCUT2D eigenvalue weighted by Gasteiger charge is 2.38. The molecule has 1 aliphatic rings. The van der Waals surface area contributed by atoms with E-state index in [1.807, 2.05) is 0 Å². The number of primary amides is 1. The number of hydrogen-bond acceptors (Lipinski definition) is 4. The highest BCUT2D eigenvalue weighted by atomic mass is 19.4. The number of nitrogens with one attached hydrogen (secondary N) is 2. The van der Waals surface area contributed by atoms with Crippen LogP contribution in [0.4, 0.5) is 28.9 Å². The summed E-state index contributed by atoms with van der Waals surface area (Å²) in [6.07, 6.45) is -5.42. The summed E-state index contributed by atoms with van der Waals surface area (Å²) in [5.41, 5.74) is 4.33. The van der Waals surface area contributed by atoms with Crippen molar-refractivity contribution >= 4 is 23.2 Å². The Morgan fingerprint density at radius 2 is 1.90 bits per heavy atom. The molecule has 30 heavy (non-hydrogen) atoms. The molecule has 6 nitrogen and oxygen atoms in total. The molecule has 0 aliphatic carbocycles. The lowest BCUT2D eigenvalue weighted by atomic mass is 10.00. The van der Waals surface area contributed by atoms with E-state index in [1.165, 1.54) is 30.3 Å². The standard InChI is InChI=1S/C20H18F4N3O3/c21-15-9-12(27-16-4-2-1-3-14(16)20(22,23)24)6-5-11(15)10-26-19(29)13-7-8-30-17(13)18(25)28/h1-6,9,17,27H,7-8,10H2,(H2,25,28)(H,26,29). The highest BCUT2D eigenvalue weighted by Crippen LogP contribution is 2.36. The number of anilines is 2. The Bertz CT molecular complexity index is 949. The van der Waals surface area contributed by atoms with Crippen LogP contribution in [0.2, 0.25) is 0 Å².